The van der Waals surface area contributed by atoms with Crippen LogP contribution in [0.15, 0.2) is 12.2 Å². The summed E-state index contributed by atoms with van der Waals surface area (Å²) < 4.78 is 0. The van der Waals surface area contributed by atoms with Crippen molar-refractivity contribution in [2.45, 2.75) is 40.5 Å². The van der Waals surface area contributed by atoms with Crippen molar-refractivity contribution in [1.82, 2.24) is 0 Å². The van der Waals surface area contributed by atoms with E-state index in [1.807, 2.05) is 0 Å². The van der Waals surface area contributed by atoms with Crippen LogP contribution in [0.1, 0.15) is 40.5 Å². The first-order valence-electron chi connectivity index (χ1n) is 4.28. The first-order valence-corrected chi connectivity index (χ1v) is 4.28. The van der Waals surface area contributed by atoms with E-state index in [-0.39, 0.29) is 0 Å². The van der Waals surface area contributed by atoms with Gasteiger partial charge in [-0.05, 0) is 18.3 Å². The van der Waals surface area contributed by atoms with Crippen LogP contribution in [0.2, 0.25) is 0 Å². The molecule has 0 aromatic rings. The van der Waals surface area contributed by atoms with Crippen LogP contribution in [0.25, 0.3) is 0 Å². The SMILES string of the molecule is C=C(C(C)C)[C@H](C)CCC. The highest BCUT2D eigenvalue weighted by Gasteiger charge is 2.07. The summed E-state index contributed by atoms with van der Waals surface area (Å²) in [7, 11) is 0. The van der Waals surface area contributed by atoms with Gasteiger partial charge < -0.3 is 0 Å². The maximum absolute atomic E-state index is 4.07. The Morgan fingerprint density at radius 1 is 1.30 bits per heavy atom. The molecule has 0 aliphatic carbocycles. The molecule has 1 atom stereocenters. The molecule has 0 saturated carbocycles. The molecule has 0 spiro atoms. The van der Waals surface area contributed by atoms with Crippen LogP contribution in [-0.2, 0) is 0 Å². The van der Waals surface area contributed by atoms with E-state index in [1.54, 1.807) is 0 Å². The lowest BCUT2D eigenvalue weighted by Gasteiger charge is -2.16. The van der Waals surface area contributed by atoms with Crippen LogP contribution in [-0.4, -0.2) is 0 Å². The lowest BCUT2D eigenvalue weighted by atomic mass is 9.90. The molecule has 0 aromatic carbocycles. The average molecular weight is 140 g/mol. The third kappa shape index (κ3) is 3.05. The van der Waals surface area contributed by atoms with Crippen molar-refractivity contribution in [3.63, 3.8) is 0 Å². The van der Waals surface area contributed by atoms with E-state index < -0.39 is 0 Å². The number of hydrogen-bond acceptors (Lipinski definition) is 0. The van der Waals surface area contributed by atoms with Gasteiger partial charge in [0.05, 0.1) is 0 Å². The van der Waals surface area contributed by atoms with Crippen LogP contribution in [0.5, 0.6) is 0 Å². The molecule has 0 heteroatoms. The highest BCUT2D eigenvalue weighted by atomic mass is 14.1. The Hall–Kier alpha value is -0.260. The van der Waals surface area contributed by atoms with Gasteiger partial charge in [-0.1, -0.05) is 46.3 Å². The van der Waals surface area contributed by atoms with E-state index in [0.29, 0.717) is 11.8 Å². The fourth-order valence-electron chi connectivity index (χ4n) is 1.19. The molecule has 0 aromatic heterocycles. The molecular formula is C10H20. The molecule has 0 nitrogen and oxygen atoms in total. The molecule has 10 heavy (non-hydrogen) atoms. The van der Waals surface area contributed by atoms with Gasteiger partial charge >= 0.3 is 0 Å². The lowest BCUT2D eigenvalue weighted by Crippen LogP contribution is -2.03. The summed E-state index contributed by atoms with van der Waals surface area (Å²) in [6.45, 7) is 13.0. The first-order chi connectivity index (χ1) is 4.59. The summed E-state index contributed by atoms with van der Waals surface area (Å²) in [6.07, 6.45) is 2.56. The maximum Gasteiger partial charge on any atom is -0.0232 e. The Morgan fingerprint density at radius 3 is 2.10 bits per heavy atom. The van der Waals surface area contributed by atoms with E-state index in [2.05, 4.69) is 34.3 Å². The van der Waals surface area contributed by atoms with E-state index in [0.717, 1.165) is 0 Å². The Bertz CT molecular complexity index is 101. The molecule has 0 unspecified atom stereocenters. The van der Waals surface area contributed by atoms with E-state index in [4.69, 9.17) is 0 Å². The Labute approximate surface area is 65.3 Å². The average Bonchev–Trinajstić information content (AvgIpc) is 1.87. The van der Waals surface area contributed by atoms with Gasteiger partial charge in [0, 0.05) is 0 Å². The first kappa shape index (κ1) is 9.74. The zero-order chi connectivity index (χ0) is 8.15. The van der Waals surface area contributed by atoms with Gasteiger partial charge in [-0.25, -0.2) is 0 Å². The molecule has 0 N–H and O–H groups in total. The van der Waals surface area contributed by atoms with Crippen molar-refractivity contribution in [2.24, 2.45) is 11.8 Å². The lowest BCUT2D eigenvalue weighted by molar-refractivity contribution is 0.540. The summed E-state index contributed by atoms with van der Waals surface area (Å²) in [6, 6.07) is 0. The molecule has 0 aliphatic rings. The minimum atomic E-state index is 0.654. The minimum absolute atomic E-state index is 0.654. The quantitative estimate of drug-likeness (QED) is 0.523. The van der Waals surface area contributed by atoms with Crippen molar-refractivity contribution >= 4 is 0 Å². The maximum atomic E-state index is 4.07. The third-order valence-electron chi connectivity index (χ3n) is 2.10. The van der Waals surface area contributed by atoms with Crippen LogP contribution in [0.4, 0.5) is 0 Å². The van der Waals surface area contributed by atoms with Gasteiger partial charge in [0.2, 0.25) is 0 Å². The van der Waals surface area contributed by atoms with Crippen LogP contribution in [0, 0.1) is 11.8 Å². The minimum Gasteiger partial charge on any atom is -0.0993 e. The van der Waals surface area contributed by atoms with Crippen molar-refractivity contribution in [1.29, 1.82) is 0 Å². The fourth-order valence-corrected chi connectivity index (χ4v) is 1.19. The van der Waals surface area contributed by atoms with Gasteiger partial charge in [-0.2, -0.15) is 0 Å². The van der Waals surface area contributed by atoms with Crippen LogP contribution >= 0.6 is 0 Å². The Morgan fingerprint density at radius 2 is 1.80 bits per heavy atom. The highest BCUT2D eigenvalue weighted by molar-refractivity contribution is 5.01. The number of allylic oxidation sites excluding steroid dienone is 1. The van der Waals surface area contributed by atoms with Crippen LogP contribution < -0.4 is 0 Å². The van der Waals surface area contributed by atoms with Gasteiger partial charge in [-0.3, -0.25) is 0 Å². The van der Waals surface area contributed by atoms with Crippen molar-refractivity contribution in [2.75, 3.05) is 0 Å². The summed E-state index contributed by atoms with van der Waals surface area (Å²) >= 11 is 0. The zero-order valence-electron chi connectivity index (χ0n) is 7.78. The number of hydrogen-bond donors (Lipinski definition) is 0. The fraction of sp³-hybridized carbons (Fsp3) is 0.800. The smallest absolute Gasteiger partial charge is 0.0232 e. The molecule has 60 valence electrons. The molecule has 0 radical (unpaired) electrons. The monoisotopic (exact) mass is 140 g/mol. The van der Waals surface area contributed by atoms with Crippen molar-refractivity contribution in [3.05, 3.63) is 12.2 Å². The Balaban J connectivity index is 3.71. The molecule has 0 saturated heterocycles. The standard InChI is InChI=1S/C10H20/c1-6-7-9(4)10(5)8(2)3/h8-9H,5-7H2,1-4H3/t9-/m1/s1. The highest BCUT2D eigenvalue weighted by Crippen LogP contribution is 2.21. The summed E-state index contributed by atoms with van der Waals surface area (Å²) in [4.78, 5) is 0. The van der Waals surface area contributed by atoms with Gasteiger partial charge in [-0.15, -0.1) is 0 Å². The molecule has 0 heterocycles. The molecular weight excluding hydrogens is 120 g/mol. The van der Waals surface area contributed by atoms with Gasteiger partial charge in [0.25, 0.3) is 0 Å². The molecule has 0 amide bonds. The third-order valence-corrected chi connectivity index (χ3v) is 2.10. The zero-order valence-corrected chi connectivity index (χ0v) is 7.78. The second kappa shape index (κ2) is 4.54. The molecule has 0 fully saturated rings. The van der Waals surface area contributed by atoms with Crippen molar-refractivity contribution < 1.29 is 0 Å². The van der Waals surface area contributed by atoms with Crippen molar-refractivity contribution in [3.8, 4) is 0 Å². The predicted molar refractivity (Wildman–Crippen MR) is 48.1 cm³/mol. The molecule has 0 aliphatic heterocycles. The molecule has 0 bridgehead atoms. The summed E-state index contributed by atoms with van der Waals surface area (Å²) in [5.41, 5.74) is 1.40. The number of rotatable bonds is 4. The summed E-state index contributed by atoms with van der Waals surface area (Å²) in [5.74, 6) is 1.37. The Kier molecular flexibility index (Phi) is 4.42. The van der Waals surface area contributed by atoms with E-state index in [9.17, 15) is 0 Å². The second-order valence-electron chi connectivity index (χ2n) is 3.42. The topological polar surface area (TPSA) is 0 Å². The second-order valence-corrected chi connectivity index (χ2v) is 3.42. The molecule has 0 rings (SSSR count). The predicted octanol–water partition coefficient (Wildman–Crippen LogP) is 3.63. The normalized spacial score (nSPS) is 13.7. The summed E-state index contributed by atoms with van der Waals surface area (Å²) in [5, 5.41) is 0. The largest absolute Gasteiger partial charge is 0.0993 e. The van der Waals surface area contributed by atoms with Gasteiger partial charge in [0.15, 0.2) is 0 Å². The van der Waals surface area contributed by atoms with Gasteiger partial charge in [0.1, 0.15) is 0 Å². The van der Waals surface area contributed by atoms with E-state index in [1.165, 1.54) is 18.4 Å². The van der Waals surface area contributed by atoms with Crippen LogP contribution in [0.3, 0.4) is 0 Å². The van der Waals surface area contributed by atoms with E-state index >= 15 is 0 Å².